The molecule has 1 unspecified atom stereocenters. The Morgan fingerprint density at radius 1 is 1.19 bits per heavy atom. The Morgan fingerprint density at radius 2 is 1.90 bits per heavy atom. The molecule has 21 heavy (non-hydrogen) atoms. The third-order valence-electron chi connectivity index (χ3n) is 3.07. The van der Waals surface area contributed by atoms with Crippen LogP contribution >= 0.6 is 15.9 Å². The van der Waals surface area contributed by atoms with Gasteiger partial charge in [-0.25, -0.2) is 4.79 Å². The minimum atomic E-state index is -0.569. The number of aliphatic hydroxyl groups is 1. The van der Waals surface area contributed by atoms with Gasteiger partial charge in [-0.15, -0.1) is 0 Å². The topological polar surface area (TPSA) is 61.4 Å². The number of amides is 2. The molecule has 0 aliphatic heterocycles. The summed E-state index contributed by atoms with van der Waals surface area (Å²) >= 11 is 3.45. The number of nitrogens with one attached hydrogen (secondary N) is 2. The summed E-state index contributed by atoms with van der Waals surface area (Å²) in [6.45, 7) is 3.64. The number of aliphatic hydroxyl groups excluding tert-OH is 1. The quantitative estimate of drug-likeness (QED) is 0.766. The Kier molecular flexibility index (Phi) is 4.98. The average molecular weight is 349 g/mol. The molecule has 2 aromatic rings. The van der Waals surface area contributed by atoms with Gasteiger partial charge in [-0.1, -0.05) is 24.3 Å². The van der Waals surface area contributed by atoms with Crippen molar-refractivity contribution in [1.82, 2.24) is 0 Å². The highest BCUT2D eigenvalue weighted by molar-refractivity contribution is 9.10. The molecule has 0 aliphatic carbocycles. The normalized spacial score (nSPS) is 11.8. The number of benzene rings is 2. The summed E-state index contributed by atoms with van der Waals surface area (Å²) in [6.07, 6.45) is -0.569. The average Bonchev–Trinajstić information content (AvgIpc) is 2.44. The molecular weight excluding hydrogens is 332 g/mol. The first-order chi connectivity index (χ1) is 9.97. The van der Waals surface area contributed by atoms with Crippen LogP contribution in [-0.4, -0.2) is 11.1 Å². The second kappa shape index (κ2) is 6.74. The highest BCUT2D eigenvalue weighted by Gasteiger charge is 2.08. The zero-order valence-corrected chi connectivity index (χ0v) is 13.4. The number of carbonyl (C=O) groups is 1. The van der Waals surface area contributed by atoms with E-state index >= 15 is 0 Å². The molecule has 1 atom stereocenters. The summed E-state index contributed by atoms with van der Waals surface area (Å²) in [5.74, 6) is 0. The van der Waals surface area contributed by atoms with Gasteiger partial charge in [0, 0.05) is 10.2 Å². The molecule has 3 N–H and O–H groups in total. The number of hydrogen-bond acceptors (Lipinski definition) is 2. The zero-order valence-electron chi connectivity index (χ0n) is 11.9. The number of halogens is 1. The number of anilines is 2. The van der Waals surface area contributed by atoms with E-state index in [4.69, 9.17) is 0 Å². The Hall–Kier alpha value is -1.85. The van der Waals surface area contributed by atoms with Gasteiger partial charge in [0.05, 0.1) is 11.8 Å². The largest absolute Gasteiger partial charge is 0.389 e. The van der Waals surface area contributed by atoms with Gasteiger partial charge in [-0.3, -0.25) is 0 Å². The molecule has 2 amide bonds. The summed E-state index contributed by atoms with van der Waals surface area (Å²) < 4.78 is 0.859. The molecule has 0 fully saturated rings. The summed E-state index contributed by atoms with van der Waals surface area (Å²) in [5, 5.41) is 15.1. The minimum absolute atomic E-state index is 0.330. The van der Waals surface area contributed by atoms with Crippen LogP contribution in [-0.2, 0) is 0 Å². The lowest BCUT2D eigenvalue weighted by atomic mass is 10.1. The fraction of sp³-hybridized carbons (Fsp3) is 0.188. The summed E-state index contributed by atoms with van der Waals surface area (Å²) in [4.78, 5) is 12.0. The Labute approximate surface area is 132 Å². The number of aryl methyl sites for hydroxylation is 1. The molecule has 5 heteroatoms. The molecule has 0 saturated carbocycles. The zero-order chi connectivity index (χ0) is 15.4. The highest BCUT2D eigenvalue weighted by Crippen LogP contribution is 2.26. The lowest BCUT2D eigenvalue weighted by Crippen LogP contribution is -2.19. The van der Waals surface area contributed by atoms with Gasteiger partial charge >= 0.3 is 6.03 Å². The number of rotatable bonds is 3. The van der Waals surface area contributed by atoms with E-state index in [2.05, 4.69) is 26.6 Å². The van der Waals surface area contributed by atoms with E-state index in [0.717, 1.165) is 15.6 Å². The standard InChI is InChI=1S/C16H17BrN2O2/c1-10-5-3-8-14(15(10)17)19-16(21)18-13-7-4-6-12(9-13)11(2)20/h3-9,11,20H,1-2H3,(H2,18,19,21). The minimum Gasteiger partial charge on any atom is -0.389 e. The highest BCUT2D eigenvalue weighted by atomic mass is 79.9. The molecule has 0 aromatic heterocycles. The van der Waals surface area contributed by atoms with Crippen LogP contribution in [0.15, 0.2) is 46.9 Å². The van der Waals surface area contributed by atoms with Gasteiger partial charge in [0.1, 0.15) is 0 Å². The van der Waals surface area contributed by atoms with Crippen molar-refractivity contribution in [1.29, 1.82) is 0 Å². The summed E-state index contributed by atoms with van der Waals surface area (Å²) in [6, 6.07) is 12.5. The van der Waals surface area contributed by atoms with E-state index in [0.29, 0.717) is 11.4 Å². The van der Waals surface area contributed by atoms with Gasteiger partial charge in [-0.05, 0) is 59.1 Å². The molecule has 2 aromatic carbocycles. The molecule has 0 saturated heterocycles. The van der Waals surface area contributed by atoms with E-state index in [1.807, 2.05) is 31.2 Å². The fourth-order valence-corrected chi connectivity index (χ4v) is 2.27. The molecule has 110 valence electrons. The smallest absolute Gasteiger partial charge is 0.323 e. The lowest BCUT2D eigenvalue weighted by Gasteiger charge is -2.12. The maximum absolute atomic E-state index is 12.0. The van der Waals surface area contributed by atoms with Crippen molar-refractivity contribution >= 4 is 33.3 Å². The van der Waals surface area contributed by atoms with Crippen molar-refractivity contribution < 1.29 is 9.90 Å². The monoisotopic (exact) mass is 348 g/mol. The van der Waals surface area contributed by atoms with Crippen LogP contribution in [0.25, 0.3) is 0 Å². The fourth-order valence-electron chi connectivity index (χ4n) is 1.90. The molecule has 0 aliphatic rings. The molecule has 0 bridgehead atoms. The number of hydrogen-bond donors (Lipinski definition) is 3. The lowest BCUT2D eigenvalue weighted by molar-refractivity contribution is 0.199. The molecule has 4 nitrogen and oxygen atoms in total. The van der Waals surface area contributed by atoms with Gasteiger partial charge in [0.2, 0.25) is 0 Å². The Morgan fingerprint density at radius 3 is 2.62 bits per heavy atom. The molecule has 0 heterocycles. The third kappa shape index (κ3) is 4.06. The van der Waals surface area contributed by atoms with Crippen molar-refractivity contribution in [2.75, 3.05) is 10.6 Å². The van der Waals surface area contributed by atoms with Crippen molar-refractivity contribution in [3.63, 3.8) is 0 Å². The van der Waals surface area contributed by atoms with Crippen LogP contribution in [0.2, 0.25) is 0 Å². The van der Waals surface area contributed by atoms with Crippen LogP contribution in [0.1, 0.15) is 24.2 Å². The Bertz CT molecular complexity index is 656. The first-order valence-corrected chi connectivity index (χ1v) is 7.38. The van der Waals surface area contributed by atoms with Crippen molar-refractivity contribution in [2.45, 2.75) is 20.0 Å². The van der Waals surface area contributed by atoms with Crippen LogP contribution in [0.5, 0.6) is 0 Å². The molecule has 0 spiro atoms. The van der Waals surface area contributed by atoms with E-state index in [-0.39, 0.29) is 6.03 Å². The predicted octanol–water partition coefficient (Wildman–Crippen LogP) is 4.45. The van der Waals surface area contributed by atoms with Crippen LogP contribution in [0.3, 0.4) is 0 Å². The van der Waals surface area contributed by atoms with Gasteiger partial charge in [0.25, 0.3) is 0 Å². The number of urea groups is 1. The predicted molar refractivity (Wildman–Crippen MR) is 88.6 cm³/mol. The number of carbonyl (C=O) groups excluding carboxylic acids is 1. The van der Waals surface area contributed by atoms with Crippen LogP contribution in [0, 0.1) is 6.92 Å². The van der Waals surface area contributed by atoms with E-state index in [1.54, 1.807) is 25.1 Å². The second-order valence-corrected chi connectivity index (χ2v) is 5.61. The van der Waals surface area contributed by atoms with Crippen molar-refractivity contribution in [3.05, 3.63) is 58.1 Å². The van der Waals surface area contributed by atoms with Gasteiger partial charge in [0.15, 0.2) is 0 Å². The SMILES string of the molecule is Cc1cccc(NC(=O)Nc2cccc(C(C)O)c2)c1Br. The summed E-state index contributed by atoms with van der Waals surface area (Å²) in [7, 11) is 0. The van der Waals surface area contributed by atoms with Crippen molar-refractivity contribution in [2.24, 2.45) is 0 Å². The van der Waals surface area contributed by atoms with E-state index in [9.17, 15) is 9.90 Å². The van der Waals surface area contributed by atoms with Gasteiger partial charge in [-0.2, -0.15) is 0 Å². The van der Waals surface area contributed by atoms with Gasteiger partial charge < -0.3 is 15.7 Å². The second-order valence-electron chi connectivity index (χ2n) is 4.82. The molecule has 0 radical (unpaired) electrons. The summed E-state index contributed by atoms with van der Waals surface area (Å²) in [5.41, 5.74) is 3.14. The van der Waals surface area contributed by atoms with Crippen LogP contribution in [0.4, 0.5) is 16.2 Å². The van der Waals surface area contributed by atoms with E-state index < -0.39 is 6.10 Å². The van der Waals surface area contributed by atoms with E-state index in [1.165, 1.54) is 0 Å². The van der Waals surface area contributed by atoms with Crippen LogP contribution < -0.4 is 10.6 Å². The maximum atomic E-state index is 12.0. The Balaban J connectivity index is 2.08. The first kappa shape index (κ1) is 15.5. The molecular formula is C16H17BrN2O2. The molecule has 2 rings (SSSR count). The first-order valence-electron chi connectivity index (χ1n) is 6.58. The maximum Gasteiger partial charge on any atom is 0.323 e. The third-order valence-corrected chi connectivity index (χ3v) is 4.12. The van der Waals surface area contributed by atoms with Crippen molar-refractivity contribution in [3.8, 4) is 0 Å².